The van der Waals surface area contributed by atoms with Crippen molar-refractivity contribution in [3.05, 3.63) is 71.8 Å². The van der Waals surface area contributed by atoms with Crippen molar-refractivity contribution in [3.63, 3.8) is 0 Å². The number of carbonyl (C=O) groups excluding carboxylic acids is 2. The fourth-order valence-corrected chi connectivity index (χ4v) is 3.62. The van der Waals surface area contributed by atoms with Gasteiger partial charge in [0.05, 0.1) is 6.54 Å². The van der Waals surface area contributed by atoms with E-state index in [0.717, 1.165) is 37.3 Å². The number of rotatable bonds is 7. The van der Waals surface area contributed by atoms with Gasteiger partial charge in [-0.3, -0.25) is 19.4 Å². The van der Waals surface area contributed by atoms with Crippen LogP contribution in [-0.4, -0.2) is 73.3 Å². The molecule has 154 valence electrons. The number of amides is 2. The van der Waals surface area contributed by atoms with Gasteiger partial charge in [-0.1, -0.05) is 60.7 Å². The van der Waals surface area contributed by atoms with Crippen molar-refractivity contribution in [1.82, 2.24) is 20.0 Å². The lowest BCUT2D eigenvalue weighted by Crippen LogP contribution is -2.52. The average molecular weight is 395 g/mol. The summed E-state index contributed by atoms with van der Waals surface area (Å²) in [7, 11) is 3.59. The van der Waals surface area contributed by atoms with E-state index in [-0.39, 0.29) is 17.9 Å². The van der Waals surface area contributed by atoms with Crippen LogP contribution < -0.4 is 5.32 Å². The maximum atomic E-state index is 12.8. The van der Waals surface area contributed by atoms with Gasteiger partial charge in [0.1, 0.15) is 6.04 Å². The molecule has 0 spiro atoms. The van der Waals surface area contributed by atoms with E-state index in [1.807, 2.05) is 60.7 Å². The molecule has 2 aromatic rings. The van der Waals surface area contributed by atoms with Gasteiger partial charge in [0.15, 0.2) is 0 Å². The molecule has 2 aromatic carbocycles. The Morgan fingerprint density at radius 2 is 1.52 bits per heavy atom. The van der Waals surface area contributed by atoms with E-state index in [2.05, 4.69) is 15.1 Å². The molecule has 0 aliphatic carbocycles. The smallest absolute Gasteiger partial charge is 0.244 e. The summed E-state index contributed by atoms with van der Waals surface area (Å²) in [5.74, 6) is 0.122. The Morgan fingerprint density at radius 1 is 0.931 bits per heavy atom. The van der Waals surface area contributed by atoms with Gasteiger partial charge in [0.25, 0.3) is 0 Å². The van der Waals surface area contributed by atoms with E-state index in [1.54, 1.807) is 19.0 Å². The number of hydrogen-bond donors (Lipinski definition) is 1. The highest BCUT2D eigenvalue weighted by atomic mass is 16.2. The van der Waals surface area contributed by atoms with Crippen molar-refractivity contribution in [2.24, 2.45) is 0 Å². The van der Waals surface area contributed by atoms with E-state index in [0.29, 0.717) is 13.1 Å². The first-order valence-corrected chi connectivity index (χ1v) is 10.1. The van der Waals surface area contributed by atoms with Gasteiger partial charge in [-0.25, -0.2) is 0 Å². The van der Waals surface area contributed by atoms with E-state index in [9.17, 15) is 9.59 Å². The second-order valence-corrected chi connectivity index (χ2v) is 7.62. The molecule has 1 atom stereocenters. The molecule has 0 radical (unpaired) electrons. The number of piperazine rings is 1. The van der Waals surface area contributed by atoms with Crippen LogP contribution in [0.2, 0.25) is 0 Å². The highest BCUT2D eigenvalue weighted by molar-refractivity contribution is 5.83. The van der Waals surface area contributed by atoms with Crippen LogP contribution in [0.4, 0.5) is 0 Å². The highest BCUT2D eigenvalue weighted by Crippen LogP contribution is 2.24. The average Bonchev–Trinajstić information content (AvgIpc) is 2.75. The zero-order chi connectivity index (χ0) is 20.6. The lowest BCUT2D eigenvalue weighted by atomic mass is 10.0. The predicted octanol–water partition coefficient (Wildman–Crippen LogP) is 1.75. The molecule has 1 aliphatic rings. The Hall–Kier alpha value is -2.70. The van der Waals surface area contributed by atoms with Gasteiger partial charge >= 0.3 is 0 Å². The minimum Gasteiger partial charge on any atom is -0.351 e. The van der Waals surface area contributed by atoms with Crippen LogP contribution in [0.5, 0.6) is 0 Å². The number of nitrogens with one attached hydrogen (secondary N) is 1. The third-order valence-corrected chi connectivity index (χ3v) is 5.26. The van der Waals surface area contributed by atoms with Gasteiger partial charge in [0.2, 0.25) is 11.8 Å². The monoisotopic (exact) mass is 394 g/mol. The van der Waals surface area contributed by atoms with E-state index in [1.165, 1.54) is 0 Å². The molecule has 3 rings (SSSR count). The molecule has 2 amide bonds. The quantitative estimate of drug-likeness (QED) is 0.777. The molecule has 0 bridgehead atoms. The molecular weight excluding hydrogens is 364 g/mol. The first-order chi connectivity index (χ1) is 14.0. The SMILES string of the molecule is CN(C)C(=O)C(c1ccccc1)N1CCN(CC(=O)NCc2ccccc2)CC1. The summed E-state index contributed by atoms with van der Waals surface area (Å²) in [6.45, 7) is 3.98. The van der Waals surface area contributed by atoms with Gasteiger partial charge < -0.3 is 10.2 Å². The summed E-state index contributed by atoms with van der Waals surface area (Å²) in [6, 6.07) is 19.6. The van der Waals surface area contributed by atoms with Crippen molar-refractivity contribution < 1.29 is 9.59 Å². The van der Waals surface area contributed by atoms with Crippen molar-refractivity contribution >= 4 is 11.8 Å². The second-order valence-electron chi connectivity index (χ2n) is 7.62. The van der Waals surface area contributed by atoms with Crippen molar-refractivity contribution in [1.29, 1.82) is 0 Å². The maximum Gasteiger partial charge on any atom is 0.244 e. The van der Waals surface area contributed by atoms with E-state index in [4.69, 9.17) is 0 Å². The van der Waals surface area contributed by atoms with Crippen LogP contribution >= 0.6 is 0 Å². The minimum atomic E-state index is -0.278. The number of hydrogen-bond acceptors (Lipinski definition) is 4. The fourth-order valence-electron chi connectivity index (χ4n) is 3.62. The molecule has 1 N–H and O–H groups in total. The Labute approximate surface area is 173 Å². The maximum absolute atomic E-state index is 12.8. The molecule has 1 heterocycles. The van der Waals surface area contributed by atoms with E-state index >= 15 is 0 Å². The standard InChI is InChI=1S/C23H30N4O2/c1-25(2)23(29)22(20-11-7-4-8-12-20)27-15-13-26(14-16-27)18-21(28)24-17-19-9-5-3-6-10-19/h3-12,22H,13-18H2,1-2H3,(H,24,28). The lowest BCUT2D eigenvalue weighted by Gasteiger charge is -2.39. The lowest BCUT2D eigenvalue weighted by molar-refractivity contribution is -0.136. The van der Waals surface area contributed by atoms with E-state index < -0.39 is 0 Å². The van der Waals surface area contributed by atoms with Crippen LogP contribution in [-0.2, 0) is 16.1 Å². The van der Waals surface area contributed by atoms with Crippen LogP contribution in [0.15, 0.2) is 60.7 Å². The molecule has 1 saturated heterocycles. The van der Waals surface area contributed by atoms with Gasteiger partial charge in [0, 0.05) is 46.8 Å². The normalized spacial score (nSPS) is 16.2. The van der Waals surface area contributed by atoms with Crippen LogP contribution in [0.1, 0.15) is 17.2 Å². The summed E-state index contributed by atoms with van der Waals surface area (Å²) in [4.78, 5) is 31.1. The summed E-state index contributed by atoms with van der Waals surface area (Å²) >= 11 is 0. The molecule has 6 nitrogen and oxygen atoms in total. The number of likely N-dealkylation sites (N-methyl/N-ethyl adjacent to an activating group) is 1. The zero-order valence-corrected chi connectivity index (χ0v) is 17.3. The third-order valence-electron chi connectivity index (χ3n) is 5.26. The van der Waals surface area contributed by atoms with Gasteiger partial charge in [-0.2, -0.15) is 0 Å². The molecule has 6 heteroatoms. The first kappa shape index (κ1) is 21.0. The molecule has 1 unspecified atom stereocenters. The number of nitrogens with zero attached hydrogens (tertiary/aromatic N) is 3. The second kappa shape index (κ2) is 10.2. The van der Waals surface area contributed by atoms with Crippen LogP contribution in [0, 0.1) is 0 Å². The largest absolute Gasteiger partial charge is 0.351 e. The molecule has 1 fully saturated rings. The summed E-state index contributed by atoms with van der Waals surface area (Å²) < 4.78 is 0. The predicted molar refractivity (Wildman–Crippen MR) is 114 cm³/mol. The summed E-state index contributed by atoms with van der Waals surface area (Å²) in [5, 5.41) is 2.98. The van der Waals surface area contributed by atoms with Gasteiger partial charge in [-0.05, 0) is 11.1 Å². The van der Waals surface area contributed by atoms with Crippen LogP contribution in [0.25, 0.3) is 0 Å². The topological polar surface area (TPSA) is 55.9 Å². The van der Waals surface area contributed by atoms with Crippen molar-refractivity contribution in [2.75, 3.05) is 46.8 Å². The third kappa shape index (κ3) is 5.89. The summed E-state index contributed by atoms with van der Waals surface area (Å²) in [6.07, 6.45) is 0. The number of carbonyl (C=O) groups is 2. The summed E-state index contributed by atoms with van der Waals surface area (Å²) in [5.41, 5.74) is 2.11. The zero-order valence-electron chi connectivity index (χ0n) is 17.3. The van der Waals surface area contributed by atoms with Gasteiger partial charge in [-0.15, -0.1) is 0 Å². The van der Waals surface area contributed by atoms with Crippen LogP contribution in [0.3, 0.4) is 0 Å². The Bertz CT molecular complexity index is 787. The molecule has 0 aromatic heterocycles. The molecular formula is C23H30N4O2. The molecule has 29 heavy (non-hydrogen) atoms. The Morgan fingerprint density at radius 3 is 2.10 bits per heavy atom. The van der Waals surface area contributed by atoms with Crippen molar-refractivity contribution in [2.45, 2.75) is 12.6 Å². The minimum absolute atomic E-state index is 0.0336. The Balaban J connectivity index is 1.53. The van der Waals surface area contributed by atoms with Crippen molar-refractivity contribution in [3.8, 4) is 0 Å². The first-order valence-electron chi connectivity index (χ1n) is 10.1. The molecule has 1 aliphatic heterocycles. The highest BCUT2D eigenvalue weighted by Gasteiger charge is 2.31. The number of benzene rings is 2. The fraction of sp³-hybridized carbons (Fsp3) is 0.391. The Kier molecular flexibility index (Phi) is 7.38. The molecule has 0 saturated carbocycles.